The van der Waals surface area contributed by atoms with Crippen molar-refractivity contribution in [2.24, 2.45) is 0 Å². The predicted octanol–water partition coefficient (Wildman–Crippen LogP) is 3.09. The van der Waals surface area contributed by atoms with Crippen molar-refractivity contribution in [3.63, 3.8) is 0 Å². The Hall–Kier alpha value is -2.24. The zero-order chi connectivity index (χ0) is 17.6. The lowest BCUT2D eigenvalue weighted by Gasteiger charge is -2.36. The van der Waals surface area contributed by atoms with E-state index in [9.17, 15) is 9.59 Å². The maximum atomic E-state index is 12.7. The molecule has 0 bridgehead atoms. The number of urea groups is 1. The number of hydrogen-bond acceptors (Lipinski definition) is 3. The minimum absolute atomic E-state index is 0.0642. The number of amides is 3. The molecular weight excluding hydrogens is 318 g/mol. The number of ether oxygens (including phenoxy) is 1. The number of carbonyl (C=O) groups excluding carboxylic acids is 2. The van der Waals surface area contributed by atoms with Crippen LogP contribution in [0.4, 0.5) is 10.5 Å². The lowest BCUT2D eigenvalue weighted by Crippen LogP contribution is -2.47. The molecule has 0 unspecified atom stereocenters. The van der Waals surface area contributed by atoms with Crippen molar-refractivity contribution in [1.82, 2.24) is 9.80 Å². The average molecular weight is 345 g/mol. The van der Waals surface area contributed by atoms with Gasteiger partial charge in [-0.3, -0.25) is 4.79 Å². The summed E-state index contributed by atoms with van der Waals surface area (Å²) in [4.78, 5) is 28.4. The van der Waals surface area contributed by atoms with Gasteiger partial charge < -0.3 is 19.9 Å². The van der Waals surface area contributed by atoms with Crippen molar-refractivity contribution in [1.29, 1.82) is 0 Å². The van der Waals surface area contributed by atoms with Crippen LogP contribution < -0.4 is 10.1 Å². The lowest BCUT2D eigenvalue weighted by molar-refractivity contribution is -0.127. The van der Waals surface area contributed by atoms with Gasteiger partial charge in [-0.25, -0.2) is 4.79 Å². The molecule has 0 saturated carbocycles. The van der Waals surface area contributed by atoms with Gasteiger partial charge >= 0.3 is 6.03 Å². The molecule has 2 aliphatic heterocycles. The summed E-state index contributed by atoms with van der Waals surface area (Å²) in [6.45, 7) is 2.39. The van der Waals surface area contributed by atoms with E-state index in [0.29, 0.717) is 6.42 Å². The van der Waals surface area contributed by atoms with Gasteiger partial charge in [0.1, 0.15) is 5.75 Å². The first-order valence-corrected chi connectivity index (χ1v) is 9.17. The number of benzene rings is 1. The van der Waals surface area contributed by atoms with Crippen LogP contribution in [0.25, 0.3) is 0 Å². The van der Waals surface area contributed by atoms with Crippen molar-refractivity contribution in [3.05, 3.63) is 24.3 Å². The van der Waals surface area contributed by atoms with E-state index in [1.807, 2.05) is 34.1 Å². The minimum atomic E-state index is -0.0642. The maximum Gasteiger partial charge on any atom is 0.322 e. The molecule has 0 spiro atoms. The van der Waals surface area contributed by atoms with Crippen molar-refractivity contribution < 1.29 is 14.3 Å². The summed E-state index contributed by atoms with van der Waals surface area (Å²) in [6, 6.07) is 7.54. The molecule has 3 rings (SSSR count). The van der Waals surface area contributed by atoms with Gasteiger partial charge in [0.15, 0.2) is 0 Å². The Morgan fingerprint density at radius 1 is 1.28 bits per heavy atom. The van der Waals surface area contributed by atoms with Gasteiger partial charge in [-0.2, -0.15) is 0 Å². The summed E-state index contributed by atoms with van der Waals surface area (Å²) >= 11 is 0. The van der Waals surface area contributed by atoms with E-state index in [-0.39, 0.29) is 18.0 Å². The Kier molecular flexibility index (Phi) is 5.79. The maximum absolute atomic E-state index is 12.7. The molecule has 25 heavy (non-hydrogen) atoms. The highest BCUT2D eigenvalue weighted by Crippen LogP contribution is 2.23. The van der Waals surface area contributed by atoms with Crippen LogP contribution >= 0.6 is 0 Å². The molecule has 1 atom stereocenters. The summed E-state index contributed by atoms with van der Waals surface area (Å²) < 4.78 is 5.21. The normalized spacial score (nSPS) is 20.7. The number of rotatable bonds is 5. The van der Waals surface area contributed by atoms with E-state index in [4.69, 9.17) is 4.74 Å². The number of nitrogens with zero attached hydrogens (tertiary/aromatic N) is 2. The van der Waals surface area contributed by atoms with E-state index in [1.54, 1.807) is 7.11 Å². The molecule has 6 nitrogen and oxygen atoms in total. The second-order valence-electron chi connectivity index (χ2n) is 6.78. The molecule has 2 aliphatic rings. The Bertz CT molecular complexity index is 620. The molecule has 2 heterocycles. The van der Waals surface area contributed by atoms with Crippen LogP contribution in [0, 0.1) is 0 Å². The number of likely N-dealkylation sites (tertiary alicyclic amines) is 2. The van der Waals surface area contributed by atoms with Crippen LogP contribution in [0.1, 0.15) is 38.5 Å². The summed E-state index contributed by atoms with van der Waals surface area (Å²) in [5.41, 5.74) is 0.739. The van der Waals surface area contributed by atoms with E-state index >= 15 is 0 Å². The number of methoxy groups -OCH3 is 1. The van der Waals surface area contributed by atoms with Crippen LogP contribution in [-0.2, 0) is 4.79 Å². The highest BCUT2D eigenvalue weighted by atomic mass is 16.5. The van der Waals surface area contributed by atoms with Gasteiger partial charge in [-0.05, 0) is 44.2 Å². The first-order chi connectivity index (χ1) is 12.2. The molecule has 136 valence electrons. The third-order valence-electron chi connectivity index (χ3n) is 5.11. The molecule has 3 amide bonds. The average Bonchev–Trinajstić information content (AvgIpc) is 3.05. The van der Waals surface area contributed by atoms with E-state index in [0.717, 1.165) is 63.2 Å². The van der Waals surface area contributed by atoms with Gasteiger partial charge in [0.05, 0.1) is 7.11 Å². The predicted molar refractivity (Wildman–Crippen MR) is 96.8 cm³/mol. The fourth-order valence-electron chi connectivity index (χ4n) is 3.71. The SMILES string of the molecule is COc1cccc(NC(=O)N2CCCC[C@@H]2CCN2CCCC2=O)c1. The van der Waals surface area contributed by atoms with Gasteiger partial charge in [-0.15, -0.1) is 0 Å². The van der Waals surface area contributed by atoms with Gasteiger partial charge in [0, 0.05) is 43.9 Å². The van der Waals surface area contributed by atoms with Gasteiger partial charge in [0.25, 0.3) is 0 Å². The highest BCUT2D eigenvalue weighted by Gasteiger charge is 2.28. The van der Waals surface area contributed by atoms with Crippen LogP contribution in [0.5, 0.6) is 5.75 Å². The highest BCUT2D eigenvalue weighted by molar-refractivity contribution is 5.89. The lowest BCUT2D eigenvalue weighted by atomic mass is 9.99. The summed E-state index contributed by atoms with van der Waals surface area (Å²) in [7, 11) is 1.61. The topological polar surface area (TPSA) is 61.9 Å². The van der Waals surface area contributed by atoms with Crippen molar-refractivity contribution in [3.8, 4) is 5.75 Å². The van der Waals surface area contributed by atoms with Crippen molar-refractivity contribution in [2.45, 2.75) is 44.6 Å². The van der Waals surface area contributed by atoms with Crippen molar-refractivity contribution in [2.75, 3.05) is 32.1 Å². The summed E-state index contributed by atoms with van der Waals surface area (Å²) in [5.74, 6) is 0.976. The summed E-state index contributed by atoms with van der Waals surface area (Å²) in [5, 5.41) is 2.98. The number of piperidine rings is 1. The second-order valence-corrected chi connectivity index (χ2v) is 6.78. The first-order valence-electron chi connectivity index (χ1n) is 9.17. The van der Waals surface area contributed by atoms with E-state index in [1.165, 1.54) is 0 Å². The Labute approximate surface area is 149 Å². The molecular formula is C19H27N3O3. The zero-order valence-electron chi connectivity index (χ0n) is 14.9. The summed E-state index contributed by atoms with van der Waals surface area (Å²) in [6.07, 6.45) is 5.67. The van der Waals surface area contributed by atoms with Crippen LogP contribution in [-0.4, -0.2) is 54.5 Å². The molecule has 0 aromatic heterocycles. The van der Waals surface area contributed by atoms with E-state index in [2.05, 4.69) is 5.32 Å². The van der Waals surface area contributed by atoms with Crippen LogP contribution in [0.3, 0.4) is 0 Å². The molecule has 0 aliphatic carbocycles. The Morgan fingerprint density at radius 2 is 2.16 bits per heavy atom. The third kappa shape index (κ3) is 4.44. The first kappa shape index (κ1) is 17.6. The van der Waals surface area contributed by atoms with E-state index < -0.39 is 0 Å². The molecule has 0 radical (unpaired) electrons. The molecule has 6 heteroatoms. The van der Waals surface area contributed by atoms with Crippen LogP contribution in [0.15, 0.2) is 24.3 Å². The third-order valence-corrected chi connectivity index (χ3v) is 5.11. The number of carbonyl (C=O) groups is 2. The molecule has 1 N–H and O–H groups in total. The standard InChI is InChI=1S/C19H27N3O3/c1-25-17-8-4-6-15(14-17)20-19(24)22-12-3-2-7-16(22)10-13-21-11-5-9-18(21)23/h4,6,8,14,16H,2-3,5,7,9-13H2,1H3,(H,20,24)/t16-/m1/s1. The fourth-order valence-corrected chi connectivity index (χ4v) is 3.71. The van der Waals surface area contributed by atoms with Crippen LogP contribution in [0.2, 0.25) is 0 Å². The zero-order valence-corrected chi connectivity index (χ0v) is 14.9. The molecule has 2 saturated heterocycles. The molecule has 1 aromatic rings. The number of nitrogens with one attached hydrogen (secondary N) is 1. The Balaban J connectivity index is 1.59. The minimum Gasteiger partial charge on any atom is -0.497 e. The number of anilines is 1. The fraction of sp³-hybridized carbons (Fsp3) is 0.579. The van der Waals surface area contributed by atoms with Gasteiger partial charge in [-0.1, -0.05) is 6.07 Å². The number of hydrogen-bond donors (Lipinski definition) is 1. The van der Waals surface area contributed by atoms with Gasteiger partial charge in [0.2, 0.25) is 5.91 Å². The molecule has 2 fully saturated rings. The molecule has 1 aromatic carbocycles. The monoisotopic (exact) mass is 345 g/mol. The Morgan fingerprint density at radius 3 is 2.92 bits per heavy atom. The smallest absolute Gasteiger partial charge is 0.322 e. The second kappa shape index (κ2) is 8.23. The largest absolute Gasteiger partial charge is 0.497 e. The quantitative estimate of drug-likeness (QED) is 0.892. The van der Waals surface area contributed by atoms with Crippen molar-refractivity contribution >= 4 is 17.6 Å².